The second kappa shape index (κ2) is 6.49. The molecule has 98 valence electrons. The van der Waals surface area contributed by atoms with Gasteiger partial charge in [0.25, 0.3) is 0 Å². The van der Waals surface area contributed by atoms with E-state index in [1.807, 2.05) is 24.4 Å². The smallest absolute Gasteiger partial charge is 0.218 e. The van der Waals surface area contributed by atoms with E-state index in [1.54, 1.807) is 29.6 Å². The number of nitrogens with one attached hydrogen (secondary N) is 1. The lowest BCUT2D eigenvalue weighted by Gasteiger charge is -2.24. The average molecular weight is 276 g/mol. The lowest BCUT2D eigenvalue weighted by Crippen LogP contribution is -2.40. The molecule has 0 saturated carbocycles. The third-order valence-electron chi connectivity index (χ3n) is 2.62. The van der Waals surface area contributed by atoms with Gasteiger partial charge in [0.05, 0.1) is 5.25 Å². The van der Waals surface area contributed by atoms with Crippen molar-refractivity contribution in [3.63, 3.8) is 0 Å². The quantitative estimate of drug-likeness (QED) is 0.821. The van der Waals surface area contributed by atoms with Crippen molar-refractivity contribution in [1.82, 2.24) is 9.62 Å². The molecule has 1 N–H and O–H groups in total. The van der Waals surface area contributed by atoms with Gasteiger partial charge >= 0.3 is 0 Å². The molecule has 1 atom stereocenters. The summed E-state index contributed by atoms with van der Waals surface area (Å²) < 4.78 is 26.1. The molecule has 0 amide bonds. The van der Waals surface area contributed by atoms with Gasteiger partial charge in [0.1, 0.15) is 0 Å². The van der Waals surface area contributed by atoms with Crippen LogP contribution in [0.3, 0.4) is 0 Å². The van der Waals surface area contributed by atoms with Crippen molar-refractivity contribution >= 4 is 21.4 Å². The molecule has 0 bridgehead atoms. The van der Waals surface area contributed by atoms with Gasteiger partial charge in [-0.05, 0) is 25.4 Å². The fourth-order valence-electron chi connectivity index (χ4n) is 1.61. The zero-order valence-corrected chi connectivity index (χ0v) is 12.1. The van der Waals surface area contributed by atoms with E-state index in [4.69, 9.17) is 0 Å². The molecule has 4 nitrogen and oxygen atoms in total. The molecular formula is C11H20N2O2S2. The van der Waals surface area contributed by atoms with Crippen molar-refractivity contribution in [2.45, 2.75) is 25.6 Å². The summed E-state index contributed by atoms with van der Waals surface area (Å²) in [6, 6.07) is 3.91. The summed E-state index contributed by atoms with van der Waals surface area (Å²) in [6.45, 7) is 5.07. The SMILES string of the molecule is CCN(Cc1cccs1)S(=O)(=O)C(C)CNC. The van der Waals surface area contributed by atoms with Gasteiger partial charge < -0.3 is 5.32 Å². The van der Waals surface area contributed by atoms with E-state index in [9.17, 15) is 8.42 Å². The number of thiophene rings is 1. The molecular weight excluding hydrogens is 256 g/mol. The minimum atomic E-state index is -3.21. The Hall–Kier alpha value is -0.430. The van der Waals surface area contributed by atoms with Gasteiger partial charge in [-0.1, -0.05) is 13.0 Å². The van der Waals surface area contributed by atoms with E-state index < -0.39 is 15.3 Å². The standard InChI is InChI=1S/C11H20N2O2S2/c1-4-13(9-11-6-5-7-16-11)17(14,15)10(2)8-12-3/h5-7,10,12H,4,8-9H2,1-3H3. The van der Waals surface area contributed by atoms with Crippen LogP contribution in [0.1, 0.15) is 18.7 Å². The van der Waals surface area contributed by atoms with Crippen molar-refractivity contribution < 1.29 is 8.42 Å². The van der Waals surface area contributed by atoms with E-state index >= 15 is 0 Å². The molecule has 1 heterocycles. The van der Waals surface area contributed by atoms with E-state index in [-0.39, 0.29) is 0 Å². The van der Waals surface area contributed by atoms with Gasteiger partial charge in [0, 0.05) is 24.5 Å². The second-order valence-corrected chi connectivity index (χ2v) is 7.30. The Morgan fingerprint density at radius 1 is 1.53 bits per heavy atom. The molecule has 1 rings (SSSR count). The molecule has 0 saturated heterocycles. The molecule has 0 aliphatic carbocycles. The zero-order chi connectivity index (χ0) is 12.9. The zero-order valence-electron chi connectivity index (χ0n) is 10.5. The lowest BCUT2D eigenvalue weighted by molar-refractivity contribution is 0.417. The monoisotopic (exact) mass is 276 g/mol. The van der Waals surface area contributed by atoms with Crippen LogP contribution in [0.2, 0.25) is 0 Å². The van der Waals surface area contributed by atoms with E-state index in [0.717, 1.165) is 4.88 Å². The lowest BCUT2D eigenvalue weighted by atomic mass is 10.4. The number of hydrogen-bond acceptors (Lipinski definition) is 4. The summed E-state index contributed by atoms with van der Waals surface area (Å²) in [7, 11) is -1.45. The number of sulfonamides is 1. The Balaban J connectivity index is 2.79. The maximum atomic E-state index is 12.3. The molecule has 1 unspecified atom stereocenters. The minimum Gasteiger partial charge on any atom is -0.318 e. The summed E-state index contributed by atoms with van der Waals surface area (Å²) in [5, 5.41) is 4.48. The number of rotatable bonds is 7. The average Bonchev–Trinajstić information content (AvgIpc) is 2.78. The van der Waals surface area contributed by atoms with Crippen LogP contribution in [0.5, 0.6) is 0 Å². The molecule has 0 radical (unpaired) electrons. The third kappa shape index (κ3) is 3.77. The topological polar surface area (TPSA) is 49.4 Å². The maximum absolute atomic E-state index is 12.3. The molecule has 6 heteroatoms. The van der Waals surface area contributed by atoms with Crippen LogP contribution in [0.15, 0.2) is 17.5 Å². The van der Waals surface area contributed by atoms with Crippen LogP contribution >= 0.6 is 11.3 Å². The Morgan fingerprint density at radius 3 is 2.71 bits per heavy atom. The van der Waals surface area contributed by atoms with Crippen molar-refractivity contribution in [3.05, 3.63) is 22.4 Å². The van der Waals surface area contributed by atoms with Gasteiger partial charge in [-0.25, -0.2) is 8.42 Å². The van der Waals surface area contributed by atoms with Crippen LogP contribution in [0.4, 0.5) is 0 Å². The minimum absolute atomic E-state index is 0.396. The molecule has 0 fully saturated rings. The normalized spacial score (nSPS) is 14.1. The van der Waals surface area contributed by atoms with Crippen LogP contribution in [0, 0.1) is 0 Å². The van der Waals surface area contributed by atoms with Crippen molar-refractivity contribution in [3.8, 4) is 0 Å². The Labute approximate surface area is 108 Å². The fraction of sp³-hybridized carbons (Fsp3) is 0.636. The summed E-state index contributed by atoms with van der Waals surface area (Å²) in [6.07, 6.45) is 0. The molecule has 0 aliphatic heterocycles. The van der Waals surface area contributed by atoms with Gasteiger partial charge in [-0.15, -0.1) is 11.3 Å². The summed E-state index contributed by atoms with van der Waals surface area (Å²) in [4.78, 5) is 1.08. The highest BCUT2D eigenvalue weighted by molar-refractivity contribution is 7.89. The van der Waals surface area contributed by atoms with Crippen LogP contribution in [-0.2, 0) is 16.6 Å². The predicted molar refractivity (Wildman–Crippen MR) is 72.7 cm³/mol. The predicted octanol–water partition coefficient (Wildman–Crippen LogP) is 1.51. The van der Waals surface area contributed by atoms with Crippen molar-refractivity contribution in [1.29, 1.82) is 0 Å². The first kappa shape index (κ1) is 14.6. The first-order chi connectivity index (χ1) is 8.02. The van der Waals surface area contributed by atoms with Crippen LogP contribution in [-0.4, -0.2) is 38.1 Å². The van der Waals surface area contributed by atoms with Gasteiger partial charge in [-0.3, -0.25) is 0 Å². The Morgan fingerprint density at radius 2 is 2.24 bits per heavy atom. The maximum Gasteiger partial charge on any atom is 0.218 e. The van der Waals surface area contributed by atoms with Crippen molar-refractivity contribution in [2.24, 2.45) is 0 Å². The fourth-order valence-corrected chi connectivity index (χ4v) is 3.97. The Kier molecular flexibility index (Phi) is 5.58. The molecule has 0 aliphatic rings. The highest BCUT2D eigenvalue weighted by Crippen LogP contribution is 2.16. The summed E-state index contributed by atoms with van der Waals surface area (Å²) >= 11 is 1.59. The van der Waals surface area contributed by atoms with Gasteiger partial charge in [0.15, 0.2) is 0 Å². The van der Waals surface area contributed by atoms with Crippen LogP contribution in [0.25, 0.3) is 0 Å². The highest BCUT2D eigenvalue weighted by Gasteiger charge is 2.27. The largest absolute Gasteiger partial charge is 0.318 e. The summed E-state index contributed by atoms with van der Waals surface area (Å²) in [5.41, 5.74) is 0. The first-order valence-corrected chi connectivity index (χ1v) is 8.06. The van der Waals surface area contributed by atoms with Gasteiger partial charge in [0.2, 0.25) is 10.0 Å². The van der Waals surface area contributed by atoms with Gasteiger partial charge in [-0.2, -0.15) is 4.31 Å². The van der Waals surface area contributed by atoms with E-state index in [1.165, 1.54) is 0 Å². The van der Waals surface area contributed by atoms with Crippen LogP contribution < -0.4 is 5.32 Å². The van der Waals surface area contributed by atoms with Crippen molar-refractivity contribution in [2.75, 3.05) is 20.1 Å². The number of nitrogens with zero attached hydrogens (tertiary/aromatic N) is 1. The highest BCUT2D eigenvalue weighted by atomic mass is 32.2. The van der Waals surface area contributed by atoms with E-state index in [2.05, 4.69) is 5.32 Å². The number of hydrogen-bond donors (Lipinski definition) is 1. The molecule has 0 aromatic carbocycles. The molecule has 17 heavy (non-hydrogen) atoms. The molecule has 0 spiro atoms. The summed E-state index contributed by atoms with van der Waals surface area (Å²) in [5.74, 6) is 0. The molecule has 1 aromatic heterocycles. The Bertz CT molecular complexity index is 415. The first-order valence-electron chi connectivity index (χ1n) is 5.68. The molecule has 1 aromatic rings. The third-order valence-corrected chi connectivity index (χ3v) is 5.78. The van der Waals surface area contributed by atoms with E-state index in [0.29, 0.717) is 19.6 Å². The second-order valence-electron chi connectivity index (χ2n) is 3.92.